The number of carbonyl (C=O) groups is 1. The van der Waals surface area contributed by atoms with Crippen molar-refractivity contribution in [3.05, 3.63) is 64.4 Å². The molecule has 142 valence electrons. The molecule has 1 saturated carbocycles. The molecule has 1 amide bonds. The number of anilines is 1. The number of rotatable bonds is 2. The predicted octanol–water partition coefficient (Wildman–Crippen LogP) is 5.71. The Kier molecular flexibility index (Phi) is 3.63. The number of hydrogen-bond acceptors (Lipinski definition) is 3. The van der Waals surface area contributed by atoms with E-state index in [4.69, 9.17) is 21.6 Å². The Morgan fingerprint density at radius 3 is 2.68 bits per heavy atom. The van der Waals surface area contributed by atoms with Crippen molar-refractivity contribution in [3.63, 3.8) is 0 Å². The quantitative estimate of drug-likeness (QED) is 0.608. The van der Waals surface area contributed by atoms with Crippen LogP contribution >= 0.6 is 11.6 Å². The molecule has 1 heterocycles. The van der Waals surface area contributed by atoms with Gasteiger partial charge in [0.15, 0.2) is 0 Å². The van der Waals surface area contributed by atoms with Crippen LogP contribution in [0.2, 0.25) is 5.02 Å². The molecular weight excluding hydrogens is 370 g/mol. The molecule has 2 aromatic carbocycles. The van der Waals surface area contributed by atoms with Gasteiger partial charge >= 0.3 is 0 Å². The Balaban J connectivity index is 1.53. The molecule has 2 aliphatic rings. The number of fused-ring (bicyclic) bond motifs is 6. The van der Waals surface area contributed by atoms with Crippen LogP contribution in [0.4, 0.5) is 5.69 Å². The SMILES string of the molecule is CC12CCC(c3nc4cc(NC(=O)c5ccccc5Cl)ccc4nc31)C2(C)C. The number of hydrogen-bond donors (Lipinski definition) is 1. The lowest BCUT2D eigenvalue weighted by atomic mass is 9.70. The molecule has 2 atom stereocenters. The molecule has 1 fully saturated rings. The lowest BCUT2D eigenvalue weighted by molar-refractivity contribution is 0.102. The summed E-state index contributed by atoms with van der Waals surface area (Å²) in [7, 11) is 0. The van der Waals surface area contributed by atoms with Crippen LogP contribution in [0, 0.1) is 5.41 Å². The smallest absolute Gasteiger partial charge is 0.257 e. The van der Waals surface area contributed by atoms with Gasteiger partial charge in [0.1, 0.15) is 0 Å². The van der Waals surface area contributed by atoms with Crippen LogP contribution in [0.5, 0.6) is 0 Å². The van der Waals surface area contributed by atoms with Crippen molar-refractivity contribution in [3.8, 4) is 0 Å². The van der Waals surface area contributed by atoms with Crippen LogP contribution in [0.1, 0.15) is 61.3 Å². The highest BCUT2D eigenvalue weighted by Gasteiger charge is 2.61. The zero-order valence-corrected chi connectivity index (χ0v) is 17.0. The van der Waals surface area contributed by atoms with Gasteiger partial charge in [-0.15, -0.1) is 0 Å². The van der Waals surface area contributed by atoms with Gasteiger partial charge in [0.25, 0.3) is 5.91 Å². The Morgan fingerprint density at radius 2 is 1.89 bits per heavy atom. The molecule has 5 rings (SSSR count). The summed E-state index contributed by atoms with van der Waals surface area (Å²) < 4.78 is 0. The first-order chi connectivity index (χ1) is 13.3. The minimum atomic E-state index is -0.230. The maximum atomic E-state index is 12.6. The summed E-state index contributed by atoms with van der Waals surface area (Å²) in [5, 5.41) is 3.36. The zero-order chi connectivity index (χ0) is 19.7. The number of benzene rings is 2. The number of amides is 1. The lowest BCUT2D eigenvalue weighted by Gasteiger charge is -2.34. The molecule has 4 nitrogen and oxygen atoms in total. The van der Waals surface area contributed by atoms with E-state index in [-0.39, 0.29) is 16.7 Å². The van der Waals surface area contributed by atoms with Crippen molar-refractivity contribution < 1.29 is 4.79 Å². The molecule has 0 aliphatic heterocycles. The summed E-state index contributed by atoms with van der Waals surface area (Å²) in [6.07, 6.45) is 2.34. The molecule has 5 heteroatoms. The third kappa shape index (κ3) is 2.27. The normalized spacial score (nSPS) is 24.4. The summed E-state index contributed by atoms with van der Waals surface area (Å²) in [5.41, 5.74) is 5.41. The molecule has 2 bridgehead atoms. The van der Waals surface area contributed by atoms with E-state index in [1.165, 1.54) is 12.8 Å². The minimum Gasteiger partial charge on any atom is -0.322 e. The first kappa shape index (κ1) is 17.6. The first-order valence-corrected chi connectivity index (χ1v) is 10.1. The number of carbonyl (C=O) groups excluding carboxylic acids is 1. The van der Waals surface area contributed by atoms with E-state index in [1.54, 1.807) is 24.3 Å². The third-order valence-corrected chi connectivity index (χ3v) is 7.48. The molecule has 28 heavy (non-hydrogen) atoms. The Bertz CT molecular complexity index is 1140. The highest BCUT2D eigenvalue weighted by atomic mass is 35.5. The maximum absolute atomic E-state index is 12.6. The Labute approximate surface area is 169 Å². The number of nitrogens with zero attached hydrogens (tertiary/aromatic N) is 2. The molecular formula is C23H22ClN3O. The average Bonchev–Trinajstić information content (AvgIpc) is 2.99. The molecule has 0 radical (unpaired) electrons. The number of halogens is 1. The predicted molar refractivity (Wildman–Crippen MR) is 112 cm³/mol. The molecule has 1 aromatic heterocycles. The van der Waals surface area contributed by atoms with Gasteiger partial charge in [-0.25, -0.2) is 9.97 Å². The van der Waals surface area contributed by atoms with Gasteiger partial charge in [0.05, 0.1) is 33.0 Å². The number of nitrogens with one attached hydrogen (secondary N) is 1. The highest BCUT2D eigenvalue weighted by molar-refractivity contribution is 6.34. The summed E-state index contributed by atoms with van der Waals surface area (Å²) in [6.45, 7) is 7.01. The summed E-state index contributed by atoms with van der Waals surface area (Å²) in [5.74, 6) is 0.220. The fraction of sp³-hybridized carbons (Fsp3) is 0.348. The maximum Gasteiger partial charge on any atom is 0.257 e. The van der Waals surface area contributed by atoms with Gasteiger partial charge in [-0.2, -0.15) is 0 Å². The van der Waals surface area contributed by atoms with E-state index in [9.17, 15) is 4.79 Å². The van der Waals surface area contributed by atoms with Crippen LogP contribution in [0.3, 0.4) is 0 Å². The third-order valence-electron chi connectivity index (χ3n) is 7.15. The second kappa shape index (κ2) is 5.77. The van der Waals surface area contributed by atoms with E-state index in [1.807, 2.05) is 18.2 Å². The minimum absolute atomic E-state index is 0.0884. The number of aromatic nitrogens is 2. The first-order valence-electron chi connectivity index (χ1n) is 9.69. The highest BCUT2D eigenvalue weighted by Crippen LogP contribution is 2.66. The monoisotopic (exact) mass is 391 g/mol. The fourth-order valence-corrected chi connectivity index (χ4v) is 5.26. The van der Waals surface area contributed by atoms with Crippen molar-refractivity contribution in [2.75, 3.05) is 5.32 Å². The van der Waals surface area contributed by atoms with Crippen LogP contribution < -0.4 is 5.32 Å². The van der Waals surface area contributed by atoms with Crippen molar-refractivity contribution in [2.45, 2.75) is 44.9 Å². The van der Waals surface area contributed by atoms with Gasteiger partial charge in [0.2, 0.25) is 0 Å². The standard InChI is InChI=1S/C23H22ClN3O/c1-22(2)15-10-11-23(22,3)20-19(15)26-18-12-13(8-9-17(18)27-20)25-21(28)14-6-4-5-7-16(14)24/h4-9,12,15H,10-11H2,1-3H3,(H,25,28). The molecule has 0 saturated heterocycles. The molecule has 2 unspecified atom stereocenters. The fourth-order valence-electron chi connectivity index (χ4n) is 5.04. The van der Waals surface area contributed by atoms with Gasteiger partial charge in [-0.05, 0) is 48.6 Å². The molecule has 3 aromatic rings. The summed E-state index contributed by atoms with van der Waals surface area (Å²) in [4.78, 5) is 22.6. The lowest BCUT2D eigenvalue weighted by Crippen LogP contribution is -2.31. The van der Waals surface area contributed by atoms with Crippen molar-refractivity contribution in [2.24, 2.45) is 5.41 Å². The average molecular weight is 392 g/mol. The second-order valence-corrected chi connectivity index (χ2v) is 9.15. The zero-order valence-electron chi connectivity index (χ0n) is 16.2. The van der Waals surface area contributed by atoms with Crippen molar-refractivity contribution >= 4 is 34.2 Å². The van der Waals surface area contributed by atoms with Crippen LogP contribution in [-0.4, -0.2) is 15.9 Å². The Morgan fingerprint density at radius 1 is 1.11 bits per heavy atom. The van der Waals surface area contributed by atoms with E-state index >= 15 is 0 Å². The van der Waals surface area contributed by atoms with Gasteiger partial charge in [-0.3, -0.25) is 4.79 Å². The van der Waals surface area contributed by atoms with Crippen LogP contribution in [0.15, 0.2) is 42.5 Å². The van der Waals surface area contributed by atoms with Gasteiger partial charge in [-0.1, -0.05) is 44.5 Å². The topological polar surface area (TPSA) is 54.9 Å². The molecule has 1 N–H and O–H groups in total. The molecule has 0 spiro atoms. The van der Waals surface area contributed by atoms with E-state index < -0.39 is 0 Å². The summed E-state index contributed by atoms with van der Waals surface area (Å²) in [6, 6.07) is 12.7. The van der Waals surface area contributed by atoms with Crippen molar-refractivity contribution in [1.29, 1.82) is 0 Å². The second-order valence-electron chi connectivity index (χ2n) is 8.74. The van der Waals surface area contributed by atoms with Crippen LogP contribution in [-0.2, 0) is 5.41 Å². The largest absolute Gasteiger partial charge is 0.322 e. The molecule has 2 aliphatic carbocycles. The van der Waals surface area contributed by atoms with Gasteiger partial charge in [0, 0.05) is 17.0 Å². The Hall–Kier alpha value is -2.46. The van der Waals surface area contributed by atoms with Crippen LogP contribution in [0.25, 0.3) is 11.0 Å². The van der Waals surface area contributed by atoms with Crippen molar-refractivity contribution in [1.82, 2.24) is 9.97 Å². The van der Waals surface area contributed by atoms with Gasteiger partial charge < -0.3 is 5.32 Å². The summed E-state index contributed by atoms with van der Waals surface area (Å²) >= 11 is 6.14. The van der Waals surface area contributed by atoms with E-state index in [0.29, 0.717) is 22.2 Å². The van der Waals surface area contributed by atoms with E-state index in [2.05, 4.69) is 26.1 Å². The van der Waals surface area contributed by atoms with E-state index in [0.717, 1.165) is 22.4 Å².